The quantitative estimate of drug-likeness (QED) is 0.662. The number of anilines is 1. The number of fused-ring (bicyclic) bond motifs is 1. The Balaban J connectivity index is 1.76. The Hall–Kier alpha value is -2.21. The van der Waals surface area contributed by atoms with Crippen molar-refractivity contribution in [3.05, 3.63) is 40.0 Å². The number of hydrogen-bond acceptors (Lipinski definition) is 5. The van der Waals surface area contributed by atoms with Gasteiger partial charge in [0.1, 0.15) is 5.82 Å². The summed E-state index contributed by atoms with van der Waals surface area (Å²) in [6.07, 6.45) is 4.10. The summed E-state index contributed by atoms with van der Waals surface area (Å²) >= 11 is 0. The van der Waals surface area contributed by atoms with Gasteiger partial charge in [-0.15, -0.1) is 0 Å². The maximum Gasteiger partial charge on any atom is 0.198 e. The van der Waals surface area contributed by atoms with Crippen LogP contribution in [0.15, 0.2) is 27.4 Å². The highest BCUT2D eigenvalue weighted by Crippen LogP contribution is 2.28. The Morgan fingerprint density at radius 2 is 1.96 bits per heavy atom. The predicted molar refractivity (Wildman–Crippen MR) is 88.4 cm³/mol. The predicted octanol–water partition coefficient (Wildman–Crippen LogP) is 3.03. The van der Waals surface area contributed by atoms with Gasteiger partial charge in [-0.05, 0) is 44.1 Å². The summed E-state index contributed by atoms with van der Waals surface area (Å²) in [6.45, 7) is 0. The normalized spacial score (nSPS) is 21.1. The van der Waals surface area contributed by atoms with E-state index in [4.69, 9.17) is 10.2 Å². The topological polar surface area (TPSA) is 93.5 Å². The third-order valence-electron chi connectivity index (χ3n) is 4.69. The molecule has 1 fully saturated rings. The highest BCUT2D eigenvalue weighted by Gasteiger charge is 2.21. The molecule has 1 aromatic carbocycles. The molecular weight excluding hydrogens is 313 g/mol. The van der Waals surface area contributed by atoms with Crippen molar-refractivity contribution in [3.63, 3.8) is 0 Å². The van der Waals surface area contributed by atoms with Gasteiger partial charge in [0.05, 0.1) is 17.2 Å². The number of ketones is 1. The fraction of sp³-hybridized carbons (Fsp3) is 0.444. The summed E-state index contributed by atoms with van der Waals surface area (Å²) in [5.41, 5.74) is 5.26. The second kappa shape index (κ2) is 6.73. The Kier molecular flexibility index (Phi) is 4.66. The number of carbonyl (C=O) groups excluding carboxylic acids is 1. The van der Waals surface area contributed by atoms with Gasteiger partial charge >= 0.3 is 0 Å². The van der Waals surface area contributed by atoms with Crippen LogP contribution in [0.5, 0.6) is 0 Å². The molecule has 0 unspecified atom stereocenters. The van der Waals surface area contributed by atoms with Gasteiger partial charge in [0.25, 0.3) is 0 Å². The largest absolute Gasteiger partial charge is 0.451 e. The van der Waals surface area contributed by atoms with Crippen LogP contribution >= 0.6 is 0 Å². The van der Waals surface area contributed by atoms with E-state index in [1.807, 2.05) is 0 Å². The first-order valence-electron chi connectivity index (χ1n) is 8.18. The van der Waals surface area contributed by atoms with E-state index in [0.29, 0.717) is 12.3 Å². The van der Waals surface area contributed by atoms with Crippen molar-refractivity contribution < 1.29 is 18.7 Å². The van der Waals surface area contributed by atoms with E-state index < -0.39 is 11.2 Å². The van der Waals surface area contributed by atoms with Crippen molar-refractivity contribution in [3.8, 4) is 0 Å². The molecule has 128 valence electrons. The molecule has 2 aromatic rings. The minimum Gasteiger partial charge on any atom is -0.451 e. The molecule has 3 N–H and O–H groups in total. The van der Waals surface area contributed by atoms with E-state index in [0.717, 1.165) is 43.9 Å². The van der Waals surface area contributed by atoms with Gasteiger partial charge < -0.3 is 15.3 Å². The second-order valence-electron chi connectivity index (χ2n) is 6.48. The number of nitrogen functional groups attached to an aromatic ring is 1. The molecule has 0 aliphatic heterocycles. The van der Waals surface area contributed by atoms with Crippen LogP contribution < -0.4 is 11.2 Å². The minimum atomic E-state index is -0.620. The first-order chi connectivity index (χ1) is 11.4. The summed E-state index contributed by atoms with van der Waals surface area (Å²) < 4.78 is 18.8. The van der Waals surface area contributed by atoms with E-state index in [2.05, 4.69) is 0 Å². The molecule has 1 saturated carbocycles. The van der Waals surface area contributed by atoms with Crippen LogP contribution in [0.3, 0.4) is 0 Å². The van der Waals surface area contributed by atoms with Crippen molar-refractivity contribution in [2.24, 2.45) is 5.92 Å². The lowest BCUT2D eigenvalue weighted by atomic mass is 9.84. The molecule has 0 saturated heterocycles. The molecule has 1 aliphatic rings. The molecule has 0 bridgehead atoms. The van der Waals surface area contributed by atoms with E-state index in [1.165, 1.54) is 0 Å². The smallest absolute Gasteiger partial charge is 0.198 e. The molecule has 1 aliphatic carbocycles. The van der Waals surface area contributed by atoms with Crippen LogP contribution in [0.2, 0.25) is 0 Å². The van der Waals surface area contributed by atoms with Gasteiger partial charge in [0.2, 0.25) is 0 Å². The highest BCUT2D eigenvalue weighted by atomic mass is 19.1. The Bertz CT molecular complexity index is 822. The molecule has 24 heavy (non-hydrogen) atoms. The molecule has 0 amide bonds. The number of halogens is 1. The van der Waals surface area contributed by atoms with Crippen molar-refractivity contribution in [1.29, 1.82) is 0 Å². The minimum absolute atomic E-state index is 0.00184. The van der Waals surface area contributed by atoms with E-state index >= 15 is 0 Å². The van der Waals surface area contributed by atoms with Crippen molar-refractivity contribution in [2.45, 2.75) is 44.6 Å². The highest BCUT2D eigenvalue weighted by molar-refractivity contribution is 5.96. The fourth-order valence-corrected chi connectivity index (χ4v) is 3.28. The Labute approximate surface area is 138 Å². The first kappa shape index (κ1) is 16.6. The SMILES string of the molecule is Nc1cc(F)cc2c(=O)cc(C(=O)CCC3CCC(O)CC3)oc12. The zero-order chi connectivity index (χ0) is 17.3. The van der Waals surface area contributed by atoms with Gasteiger partial charge in [-0.3, -0.25) is 9.59 Å². The summed E-state index contributed by atoms with van der Waals surface area (Å²) in [4.78, 5) is 24.4. The molecule has 1 aromatic heterocycles. The van der Waals surface area contributed by atoms with Crippen LogP contribution in [0, 0.1) is 11.7 Å². The molecule has 6 heteroatoms. The molecule has 5 nitrogen and oxygen atoms in total. The zero-order valence-corrected chi connectivity index (χ0v) is 13.3. The number of aliphatic hydroxyl groups excluding tert-OH is 1. The summed E-state index contributed by atoms with van der Waals surface area (Å²) in [7, 11) is 0. The molecular formula is C18H20FNO4. The lowest BCUT2D eigenvalue weighted by Gasteiger charge is -2.24. The summed E-state index contributed by atoms with van der Waals surface area (Å²) in [5, 5.41) is 9.54. The standard InChI is InChI=1S/C18H20FNO4/c19-11-7-13-16(23)9-17(24-18(13)14(20)8-11)15(22)6-3-10-1-4-12(21)5-2-10/h7-10,12,21H,1-6,20H2. The van der Waals surface area contributed by atoms with E-state index in [1.54, 1.807) is 0 Å². The Morgan fingerprint density at radius 1 is 1.25 bits per heavy atom. The lowest BCUT2D eigenvalue weighted by Crippen LogP contribution is -2.19. The summed E-state index contributed by atoms with van der Waals surface area (Å²) in [5.74, 6) is -0.514. The summed E-state index contributed by atoms with van der Waals surface area (Å²) in [6, 6.07) is 3.22. The van der Waals surface area contributed by atoms with Crippen molar-refractivity contribution >= 4 is 22.4 Å². The van der Waals surface area contributed by atoms with Crippen LogP contribution in [0.4, 0.5) is 10.1 Å². The number of carbonyl (C=O) groups is 1. The maximum atomic E-state index is 13.3. The number of rotatable bonds is 4. The van der Waals surface area contributed by atoms with Gasteiger partial charge in [-0.1, -0.05) is 0 Å². The van der Waals surface area contributed by atoms with Gasteiger partial charge in [0, 0.05) is 18.6 Å². The van der Waals surface area contributed by atoms with Crippen LogP contribution in [-0.2, 0) is 0 Å². The molecule has 1 heterocycles. The van der Waals surface area contributed by atoms with Gasteiger partial charge in [-0.2, -0.15) is 0 Å². The number of Topliss-reactive ketones (excluding diaryl/α,β-unsaturated/α-hetero) is 1. The number of aliphatic hydroxyl groups is 1. The number of nitrogens with two attached hydrogens (primary N) is 1. The third kappa shape index (κ3) is 3.48. The zero-order valence-electron chi connectivity index (χ0n) is 13.3. The van der Waals surface area contributed by atoms with Crippen molar-refractivity contribution in [1.82, 2.24) is 0 Å². The second-order valence-corrected chi connectivity index (χ2v) is 6.48. The average Bonchev–Trinajstić information content (AvgIpc) is 2.55. The molecule has 3 rings (SSSR count). The van der Waals surface area contributed by atoms with Gasteiger partial charge in [-0.25, -0.2) is 4.39 Å². The van der Waals surface area contributed by atoms with E-state index in [9.17, 15) is 19.1 Å². The third-order valence-corrected chi connectivity index (χ3v) is 4.69. The molecule has 0 radical (unpaired) electrons. The van der Waals surface area contributed by atoms with Crippen LogP contribution in [0.25, 0.3) is 11.0 Å². The van der Waals surface area contributed by atoms with Crippen LogP contribution in [-0.4, -0.2) is 17.0 Å². The fourth-order valence-electron chi connectivity index (χ4n) is 3.28. The number of hydrogen-bond donors (Lipinski definition) is 2. The Morgan fingerprint density at radius 3 is 2.67 bits per heavy atom. The van der Waals surface area contributed by atoms with Gasteiger partial charge in [0.15, 0.2) is 22.6 Å². The monoisotopic (exact) mass is 333 g/mol. The van der Waals surface area contributed by atoms with Crippen molar-refractivity contribution in [2.75, 3.05) is 5.73 Å². The van der Waals surface area contributed by atoms with E-state index in [-0.39, 0.29) is 40.7 Å². The average molecular weight is 333 g/mol. The lowest BCUT2D eigenvalue weighted by molar-refractivity contribution is 0.0907. The molecule has 0 atom stereocenters. The van der Waals surface area contributed by atoms with Crippen LogP contribution in [0.1, 0.15) is 49.1 Å². The molecule has 0 spiro atoms. The maximum absolute atomic E-state index is 13.3. The first-order valence-corrected chi connectivity index (χ1v) is 8.18. The number of benzene rings is 1.